The summed E-state index contributed by atoms with van der Waals surface area (Å²) in [4.78, 5) is 0. The maximum atomic E-state index is 11.2. The number of hydrogen-bond donors (Lipinski definition) is 1. The fourth-order valence-electron chi connectivity index (χ4n) is 0.778. The molecule has 0 aliphatic rings. The number of phenols is 1. The summed E-state index contributed by atoms with van der Waals surface area (Å²) in [5, 5.41) is 9.25. The van der Waals surface area contributed by atoms with Crippen molar-refractivity contribution < 1.29 is 9.32 Å². The van der Waals surface area contributed by atoms with Crippen molar-refractivity contribution in [1.82, 2.24) is 0 Å². The molecule has 0 radical (unpaired) electrons. The Kier molecular flexibility index (Phi) is 2.38. The lowest BCUT2D eigenvalue weighted by Crippen LogP contribution is -1.88. The molecular weight excluding hydrogens is 174 g/mol. The van der Waals surface area contributed by atoms with E-state index in [-0.39, 0.29) is 5.75 Å². The summed E-state index contributed by atoms with van der Waals surface area (Å²) in [5.74, 6) is 0.0638. The topological polar surface area (TPSA) is 49.7 Å². The van der Waals surface area contributed by atoms with Crippen molar-refractivity contribution in [2.45, 2.75) is 0 Å². The van der Waals surface area contributed by atoms with Crippen molar-refractivity contribution in [1.29, 1.82) is 0 Å². The van der Waals surface area contributed by atoms with E-state index in [0.29, 0.717) is 5.69 Å². The average Bonchev–Trinajstić information content (AvgIpc) is 1.91. The minimum Gasteiger partial charge on any atom is -0.506 e. The van der Waals surface area contributed by atoms with Gasteiger partial charge in [-0.25, -0.2) is 4.21 Å². The molecule has 66 valence electrons. The molecule has 0 amide bonds. The molecule has 1 rings (SSSR count). The summed E-state index contributed by atoms with van der Waals surface area (Å²) >= 11 is 0. The van der Waals surface area contributed by atoms with Gasteiger partial charge >= 0.3 is 0 Å². The standard InChI is InChI=1S/C8H11NO2S/c1-12(2,11)9-7-5-3-4-6-8(7)10/h3-6,10H,1-2H3. The molecule has 0 aromatic heterocycles. The van der Waals surface area contributed by atoms with E-state index < -0.39 is 9.73 Å². The molecule has 0 aliphatic carbocycles. The minimum atomic E-state index is -2.18. The average molecular weight is 185 g/mol. The summed E-state index contributed by atoms with van der Waals surface area (Å²) in [6, 6.07) is 6.58. The number of hydrogen-bond acceptors (Lipinski definition) is 3. The fraction of sp³-hybridized carbons (Fsp3) is 0.250. The van der Waals surface area contributed by atoms with Crippen molar-refractivity contribution in [3.8, 4) is 5.75 Å². The molecule has 0 bridgehead atoms. The molecule has 1 aromatic carbocycles. The van der Waals surface area contributed by atoms with Crippen LogP contribution in [0.3, 0.4) is 0 Å². The first-order valence-electron chi connectivity index (χ1n) is 3.44. The molecule has 0 unspecified atom stereocenters. The van der Waals surface area contributed by atoms with Crippen molar-refractivity contribution >= 4 is 15.4 Å². The summed E-state index contributed by atoms with van der Waals surface area (Å²) in [6.07, 6.45) is 3.05. The third-order valence-corrected chi connectivity index (χ3v) is 1.84. The number of aromatic hydroxyl groups is 1. The molecule has 12 heavy (non-hydrogen) atoms. The van der Waals surface area contributed by atoms with Gasteiger partial charge in [-0.15, -0.1) is 0 Å². The van der Waals surface area contributed by atoms with E-state index in [1.54, 1.807) is 18.2 Å². The van der Waals surface area contributed by atoms with Crippen molar-refractivity contribution in [3.05, 3.63) is 24.3 Å². The van der Waals surface area contributed by atoms with E-state index in [1.807, 2.05) is 0 Å². The van der Waals surface area contributed by atoms with Crippen LogP contribution in [0.5, 0.6) is 5.75 Å². The van der Waals surface area contributed by atoms with Gasteiger partial charge < -0.3 is 5.11 Å². The second kappa shape index (κ2) is 3.15. The summed E-state index contributed by atoms with van der Waals surface area (Å²) < 4.78 is 15.1. The zero-order chi connectivity index (χ0) is 9.19. The van der Waals surface area contributed by atoms with Gasteiger partial charge in [0, 0.05) is 22.2 Å². The Bertz CT molecular complexity index is 384. The second-order valence-electron chi connectivity index (χ2n) is 2.76. The Balaban J connectivity index is 3.23. The van der Waals surface area contributed by atoms with Crippen LogP contribution in [-0.2, 0) is 9.73 Å². The molecule has 4 heteroatoms. The second-order valence-corrected chi connectivity index (χ2v) is 5.31. The largest absolute Gasteiger partial charge is 0.506 e. The third-order valence-electron chi connectivity index (χ3n) is 1.20. The Labute approximate surface area is 72.2 Å². The van der Waals surface area contributed by atoms with Crippen LogP contribution in [0.2, 0.25) is 0 Å². The lowest BCUT2D eigenvalue weighted by Gasteiger charge is -1.98. The molecule has 3 nitrogen and oxygen atoms in total. The van der Waals surface area contributed by atoms with Crippen LogP contribution in [0, 0.1) is 0 Å². The third kappa shape index (κ3) is 2.54. The Morgan fingerprint density at radius 1 is 1.33 bits per heavy atom. The van der Waals surface area contributed by atoms with Gasteiger partial charge in [-0.2, -0.15) is 4.36 Å². The molecule has 0 heterocycles. The number of para-hydroxylation sites is 1. The van der Waals surface area contributed by atoms with Gasteiger partial charge in [-0.3, -0.25) is 0 Å². The lowest BCUT2D eigenvalue weighted by molar-refractivity contribution is 0.477. The molecule has 0 saturated heterocycles. The fourth-order valence-corrected chi connectivity index (χ4v) is 1.41. The molecule has 0 fully saturated rings. The number of nitrogens with zero attached hydrogens (tertiary/aromatic N) is 1. The van der Waals surface area contributed by atoms with Crippen LogP contribution in [0.25, 0.3) is 0 Å². The van der Waals surface area contributed by atoms with Crippen LogP contribution in [0.15, 0.2) is 28.6 Å². The molecule has 0 atom stereocenters. The van der Waals surface area contributed by atoms with Crippen molar-refractivity contribution in [2.24, 2.45) is 4.36 Å². The SMILES string of the molecule is CS(C)(=O)=Nc1ccccc1O. The van der Waals surface area contributed by atoms with E-state index in [0.717, 1.165) is 0 Å². The van der Waals surface area contributed by atoms with E-state index in [9.17, 15) is 9.32 Å². The maximum absolute atomic E-state index is 11.2. The van der Waals surface area contributed by atoms with Gasteiger partial charge in [0.1, 0.15) is 11.4 Å². The van der Waals surface area contributed by atoms with Gasteiger partial charge in [0.05, 0.1) is 0 Å². The first-order valence-corrected chi connectivity index (χ1v) is 5.77. The van der Waals surface area contributed by atoms with E-state index in [2.05, 4.69) is 4.36 Å². The highest BCUT2D eigenvalue weighted by atomic mass is 32.2. The Morgan fingerprint density at radius 3 is 2.42 bits per heavy atom. The van der Waals surface area contributed by atoms with Gasteiger partial charge in [0.2, 0.25) is 0 Å². The summed E-state index contributed by atoms with van der Waals surface area (Å²) in [5.41, 5.74) is 0.382. The number of benzene rings is 1. The monoisotopic (exact) mass is 185 g/mol. The van der Waals surface area contributed by atoms with Gasteiger partial charge in [0.15, 0.2) is 0 Å². The highest BCUT2D eigenvalue weighted by molar-refractivity contribution is 7.92. The van der Waals surface area contributed by atoms with Gasteiger partial charge in [0.25, 0.3) is 0 Å². The smallest absolute Gasteiger partial charge is 0.141 e. The first kappa shape index (κ1) is 9.06. The van der Waals surface area contributed by atoms with Crippen LogP contribution < -0.4 is 0 Å². The quantitative estimate of drug-likeness (QED) is 0.724. The lowest BCUT2D eigenvalue weighted by atomic mass is 10.3. The predicted molar refractivity (Wildman–Crippen MR) is 50.2 cm³/mol. The molecule has 0 saturated carbocycles. The molecule has 0 aliphatic heterocycles. The maximum Gasteiger partial charge on any atom is 0.141 e. The van der Waals surface area contributed by atoms with E-state index in [1.165, 1.54) is 18.6 Å². The van der Waals surface area contributed by atoms with Gasteiger partial charge in [-0.1, -0.05) is 12.1 Å². The zero-order valence-corrected chi connectivity index (χ0v) is 7.84. The van der Waals surface area contributed by atoms with Crippen LogP contribution >= 0.6 is 0 Å². The summed E-state index contributed by atoms with van der Waals surface area (Å²) in [7, 11) is -2.18. The number of rotatable bonds is 1. The molecule has 1 aromatic rings. The molecule has 1 N–H and O–H groups in total. The van der Waals surface area contributed by atoms with Gasteiger partial charge in [-0.05, 0) is 12.1 Å². The normalized spacial score (nSPS) is 11.2. The first-order chi connectivity index (χ1) is 5.49. The Hall–Kier alpha value is -1.03. The van der Waals surface area contributed by atoms with Crippen molar-refractivity contribution in [3.63, 3.8) is 0 Å². The molecular formula is C8H11NO2S. The number of phenolic OH excluding ortho intramolecular Hbond substituents is 1. The highest BCUT2D eigenvalue weighted by Crippen LogP contribution is 2.25. The van der Waals surface area contributed by atoms with Crippen LogP contribution in [0.1, 0.15) is 0 Å². The van der Waals surface area contributed by atoms with E-state index >= 15 is 0 Å². The van der Waals surface area contributed by atoms with E-state index in [4.69, 9.17) is 0 Å². The molecule has 0 spiro atoms. The van der Waals surface area contributed by atoms with Crippen molar-refractivity contribution in [2.75, 3.05) is 12.5 Å². The highest BCUT2D eigenvalue weighted by Gasteiger charge is 1.98. The minimum absolute atomic E-state index is 0.0638. The summed E-state index contributed by atoms with van der Waals surface area (Å²) in [6.45, 7) is 0. The van der Waals surface area contributed by atoms with Crippen LogP contribution in [0.4, 0.5) is 5.69 Å². The zero-order valence-electron chi connectivity index (χ0n) is 7.02. The van der Waals surface area contributed by atoms with Crippen LogP contribution in [-0.4, -0.2) is 21.8 Å². The predicted octanol–water partition coefficient (Wildman–Crippen LogP) is 1.75. The Morgan fingerprint density at radius 2 is 1.92 bits per heavy atom.